The highest BCUT2D eigenvalue weighted by Crippen LogP contribution is 2.25. The fourth-order valence-corrected chi connectivity index (χ4v) is 2.27. The molecule has 1 aromatic carbocycles. The summed E-state index contributed by atoms with van der Waals surface area (Å²) in [6.07, 6.45) is 1.95. The topological polar surface area (TPSA) is 36.3 Å². The number of nitrogens with zero attached hydrogens (tertiary/aromatic N) is 2. The summed E-state index contributed by atoms with van der Waals surface area (Å²) in [7, 11) is 1.65. The van der Waals surface area contributed by atoms with Crippen molar-refractivity contribution in [3.05, 3.63) is 29.6 Å². The number of halogens is 1. The van der Waals surface area contributed by atoms with Crippen LogP contribution in [0.2, 0.25) is 0 Å². The highest BCUT2D eigenvalue weighted by atomic mass is 19.1. The van der Waals surface area contributed by atoms with E-state index in [9.17, 15) is 4.39 Å². The van der Waals surface area contributed by atoms with E-state index in [1.807, 2.05) is 0 Å². The summed E-state index contributed by atoms with van der Waals surface area (Å²) in [6, 6.07) is 6.77. The SMILES string of the molecule is CCC(CC)N(CCOC)c1ccc(F)cc1C#N. The van der Waals surface area contributed by atoms with Crippen LogP contribution in [0.5, 0.6) is 0 Å². The maximum atomic E-state index is 13.2. The molecular formula is C15H21FN2O. The van der Waals surface area contributed by atoms with Crippen molar-refractivity contribution < 1.29 is 9.13 Å². The summed E-state index contributed by atoms with van der Waals surface area (Å²) < 4.78 is 18.4. The third-order valence-corrected chi connectivity index (χ3v) is 3.31. The first-order chi connectivity index (χ1) is 9.17. The zero-order valence-corrected chi connectivity index (χ0v) is 11.8. The lowest BCUT2D eigenvalue weighted by Crippen LogP contribution is -2.37. The van der Waals surface area contributed by atoms with Crippen molar-refractivity contribution in [1.29, 1.82) is 5.26 Å². The van der Waals surface area contributed by atoms with Gasteiger partial charge >= 0.3 is 0 Å². The Morgan fingerprint density at radius 3 is 2.58 bits per heavy atom. The van der Waals surface area contributed by atoms with Gasteiger partial charge in [-0.1, -0.05) is 13.8 Å². The van der Waals surface area contributed by atoms with Gasteiger partial charge in [-0.3, -0.25) is 0 Å². The number of benzene rings is 1. The third-order valence-electron chi connectivity index (χ3n) is 3.31. The van der Waals surface area contributed by atoms with Crippen LogP contribution in [0.4, 0.5) is 10.1 Å². The minimum Gasteiger partial charge on any atom is -0.383 e. The molecule has 0 heterocycles. The van der Waals surface area contributed by atoms with Crippen molar-refractivity contribution in [2.45, 2.75) is 32.7 Å². The molecule has 19 heavy (non-hydrogen) atoms. The summed E-state index contributed by atoms with van der Waals surface area (Å²) in [5.74, 6) is -0.378. The van der Waals surface area contributed by atoms with E-state index in [-0.39, 0.29) is 5.82 Å². The summed E-state index contributed by atoms with van der Waals surface area (Å²) in [5, 5.41) is 9.17. The highest BCUT2D eigenvalue weighted by molar-refractivity contribution is 5.60. The fourth-order valence-electron chi connectivity index (χ4n) is 2.27. The molecule has 4 heteroatoms. The minimum absolute atomic E-state index is 0.327. The van der Waals surface area contributed by atoms with Gasteiger partial charge in [0, 0.05) is 19.7 Å². The standard InChI is InChI=1S/C15H21FN2O/c1-4-14(5-2)18(8-9-19-3)15-7-6-13(16)10-12(15)11-17/h6-7,10,14H,4-5,8-9H2,1-3H3. The van der Waals surface area contributed by atoms with E-state index in [0.29, 0.717) is 24.8 Å². The predicted molar refractivity (Wildman–Crippen MR) is 74.7 cm³/mol. The average molecular weight is 264 g/mol. The molecule has 0 spiro atoms. The summed E-state index contributed by atoms with van der Waals surface area (Å²) in [4.78, 5) is 2.14. The zero-order chi connectivity index (χ0) is 14.3. The Morgan fingerprint density at radius 1 is 1.37 bits per heavy atom. The highest BCUT2D eigenvalue weighted by Gasteiger charge is 2.18. The first-order valence-electron chi connectivity index (χ1n) is 6.63. The Balaban J connectivity index is 3.12. The van der Waals surface area contributed by atoms with Crippen molar-refractivity contribution in [2.75, 3.05) is 25.2 Å². The van der Waals surface area contributed by atoms with Crippen LogP contribution in [0.3, 0.4) is 0 Å². The first kappa shape index (κ1) is 15.5. The molecule has 1 aromatic rings. The van der Waals surface area contributed by atoms with Crippen LogP contribution in [0.15, 0.2) is 18.2 Å². The number of anilines is 1. The second kappa shape index (κ2) is 7.75. The predicted octanol–water partition coefficient (Wildman–Crippen LogP) is 3.34. The van der Waals surface area contributed by atoms with Gasteiger partial charge in [0.15, 0.2) is 0 Å². The van der Waals surface area contributed by atoms with E-state index in [4.69, 9.17) is 10.00 Å². The number of ether oxygens (including phenoxy) is 1. The Labute approximate surface area is 114 Å². The van der Waals surface area contributed by atoms with E-state index in [0.717, 1.165) is 18.5 Å². The third kappa shape index (κ3) is 3.93. The van der Waals surface area contributed by atoms with Gasteiger partial charge in [-0.05, 0) is 31.0 Å². The van der Waals surface area contributed by atoms with Crippen LogP contribution in [-0.2, 0) is 4.74 Å². The lowest BCUT2D eigenvalue weighted by atomic mass is 10.1. The molecule has 0 bridgehead atoms. The average Bonchev–Trinajstić information content (AvgIpc) is 2.43. The van der Waals surface area contributed by atoms with Crippen molar-refractivity contribution in [3.63, 3.8) is 0 Å². The largest absolute Gasteiger partial charge is 0.383 e. The summed E-state index contributed by atoms with van der Waals surface area (Å²) in [6.45, 7) is 5.51. The molecule has 0 saturated heterocycles. The molecule has 0 amide bonds. The van der Waals surface area contributed by atoms with Crippen molar-refractivity contribution in [2.24, 2.45) is 0 Å². The molecule has 0 atom stereocenters. The monoisotopic (exact) mass is 264 g/mol. The maximum Gasteiger partial charge on any atom is 0.124 e. The Bertz CT molecular complexity index is 438. The lowest BCUT2D eigenvalue weighted by molar-refractivity contribution is 0.202. The van der Waals surface area contributed by atoms with Crippen LogP contribution < -0.4 is 4.90 Å². The van der Waals surface area contributed by atoms with E-state index in [1.165, 1.54) is 12.1 Å². The van der Waals surface area contributed by atoms with Gasteiger partial charge in [0.25, 0.3) is 0 Å². The molecule has 0 radical (unpaired) electrons. The number of hydrogen-bond acceptors (Lipinski definition) is 3. The molecule has 0 aliphatic carbocycles. The molecule has 3 nitrogen and oxygen atoms in total. The molecular weight excluding hydrogens is 243 g/mol. The fraction of sp³-hybridized carbons (Fsp3) is 0.533. The van der Waals surface area contributed by atoms with Gasteiger partial charge in [-0.25, -0.2) is 4.39 Å². The molecule has 0 aliphatic rings. The molecule has 0 aromatic heterocycles. The lowest BCUT2D eigenvalue weighted by Gasteiger charge is -2.33. The summed E-state index contributed by atoms with van der Waals surface area (Å²) >= 11 is 0. The second-order valence-electron chi connectivity index (χ2n) is 4.43. The van der Waals surface area contributed by atoms with Gasteiger partial charge < -0.3 is 9.64 Å². The molecule has 0 unspecified atom stereocenters. The number of nitriles is 1. The first-order valence-corrected chi connectivity index (χ1v) is 6.63. The molecule has 0 fully saturated rings. The summed E-state index contributed by atoms with van der Waals surface area (Å²) in [5.41, 5.74) is 1.16. The van der Waals surface area contributed by atoms with Crippen LogP contribution in [-0.4, -0.2) is 26.3 Å². The molecule has 0 N–H and O–H groups in total. The van der Waals surface area contributed by atoms with Crippen molar-refractivity contribution >= 4 is 5.69 Å². The number of hydrogen-bond donors (Lipinski definition) is 0. The molecule has 1 rings (SSSR count). The Hall–Kier alpha value is -1.60. The van der Waals surface area contributed by atoms with E-state index in [1.54, 1.807) is 13.2 Å². The smallest absolute Gasteiger partial charge is 0.124 e. The Kier molecular flexibility index (Phi) is 6.31. The van der Waals surface area contributed by atoms with Gasteiger partial charge in [-0.15, -0.1) is 0 Å². The van der Waals surface area contributed by atoms with E-state index >= 15 is 0 Å². The van der Waals surface area contributed by atoms with Gasteiger partial charge in [0.2, 0.25) is 0 Å². The second-order valence-corrected chi connectivity index (χ2v) is 4.43. The van der Waals surface area contributed by atoms with Crippen LogP contribution in [0.25, 0.3) is 0 Å². The minimum atomic E-state index is -0.378. The van der Waals surface area contributed by atoms with Gasteiger partial charge in [-0.2, -0.15) is 5.26 Å². The van der Waals surface area contributed by atoms with Gasteiger partial charge in [0.05, 0.1) is 17.9 Å². The van der Waals surface area contributed by atoms with Crippen molar-refractivity contribution in [1.82, 2.24) is 0 Å². The molecule has 0 saturated carbocycles. The normalized spacial score (nSPS) is 10.5. The molecule has 104 valence electrons. The van der Waals surface area contributed by atoms with Crippen LogP contribution in [0, 0.1) is 17.1 Å². The van der Waals surface area contributed by atoms with E-state index in [2.05, 4.69) is 24.8 Å². The maximum absolute atomic E-state index is 13.2. The Morgan fingerprint density at radius 2 is 2.05 bits per heavy atom. The van der Waals surface area contributed by atoms with Crippen molar-refractivity contribution in [3.8, 4) is 6.07 Å². The van der Waals surface area contributed by atoms with Crippen LogP contribution >= 0.6 is 0 Å². The quantitative estimate of drug-likeness (QED) is 0.758. The molecule has 0 aliphatic heterocycles. The van der Waals surface area contributed by atoms with Gasteiger partial charge in [0.1, 0.15) is 11.9 Å². The number of rotatable bonds is 7. The number of methoxy groups -OCH3 is 1. The van der Waals surface area contributed by atoms with E-state index < -0.39 is 0 Å². The zero-order valence-electron chi connectivity index (χ0n) is 11.8. The van der Waals surface area contributed by atoms with Crippen LogP contribution in [0.1, 0.15) is 32.3 Å².